The third-order valence-electron chi connectivity index (χ3n) is 2.54. The van der Waals surface area contributed by atoms with Crippen molar-refractivity contribution in [3.63, 3.8) is 0 Å². The summed E-state index contributed by atoms with van der Waals surface area (Å²) in [5.41, 5.74) is 0. The van der Waals surface area contributed by atoms with E-state index in [4.69, 9.17) is 0 Å². The molecule has 1 atom stereocenters. The van der Waals surface area contributed by atoms with E-state index in [2.05, 4.69) is 26.0 Å². The number of sulfonamides is 1. The molecule has 0 bridgehead atoms. The SMILES string of the molecule is O=S(=O)(NC[C@H]1CCNC1)c1ccc(Br)s1. The summed E-state index contributed by atoms with van der Waals surface area (Å²) in [4.78, 5) is 0. The number of hydrogen-bond acceptors (Lipinski definition) is 4. The van der Waals surface area contributed by atoms with Crippen molar-refractivity contribution in [2.45, 2.75) is 10.6 Å². The third kappa shape index (κ3) is 3.04. The second-order valence-corrected chi connectivity index (χ2v) is 8.23. The van der Waals surface area contributed by atoms with Crippen LogP contribution in [0.2, 0.25) is 0 Å². The maximum atomic E-state index is 11.9. The Morgan fingerprint density at radius 3 is 2.94 bits per heavy atom. The van der Waals surface area contributed by atoms with Crippen LogP contribution in [0.3, 0.4) is 0 Å². The van der Waals surface area contributed by atoms with Crippen LogP contribution in [0.25, 0.3) is 0 Å². The quantitative estimate of drug-likeness (QED) is 0.880. The van der Waals surface area contributed by atoms with E-state index in [1.54, 1.807) is 12.1 Å². The smallest absolute Gasteiger partial charge is 0.250 e. The van der Waals surface area contributed by atoms with E-state index in [0.29, 0.717) is 16.7 Å². The Kier molecular flexibility index (Phi) is 4.01. The molecule has 4 nitrogen and oxygen atoms in total. The molecule has 0 unspecified atom stereocenters. The van der Waals surface area contributed by atoms with Crippen molar-refractivity contribution >= 4 is 37.3 Å². The predicted octanol–water partition coefficient (Wildman–Crippen LogP) is 1.40. The van der Waals surface area contributed by atoms with E-state index < -0.39 is 10.0 Å². The Labute approximate surface area is 108 Å². The van der Waals surface area contributed by atoms with Gasteiger partial charge in [-0.05, 0) is 53.5 Å². The highest BCUT2D eigenvalue weighted by atomic mass is 79.9. The lowest BCUT2D eigenvalue weighted by atomic mass is 10.1. The van der Waals surface area contributed by atoms with Crippen molar-refractivity contribution in [1.29, 1.82) is 0 Å². The van der Waals surface area contributed by atoms with Gasteiger partial charge >= 0.3 is 0 Å². The summed E-state index contributed by atoms with van der Waals surface area (Å²) in [6.45, 7) is 2.40. The molecule has 0 saturated carbocycles. The van der Waals surface area contributed by atoms with E-state index in [9.17, 15) is 8.42 Å². The Morgan fingerprint density at radius 1 is 1.56 bits per heavy atom. The lowest BCUT2D eigenvalue weighted by Gasteiger charge is -2.09. The first-order valence-corrected chi connectivity index (χ1v) is 8.13. The largest absolute Gasteiger partial charge is 0.316 e. The molecular formula is C9H13BrN2O2S2. The fourth-order valence-electron chi connectivity index (χ4n) is 1.63. The number of hydrogen-bond donors (Lipinski definition) is 2. The highest BCUT2D eigenvalue weighted by molar-refractivity contribution is 9.11. The van der Waals surface area contributed by atoms with Crippen molar-refractivity contribution in [1.82, 2.24) is 10.0 Å². The van der Waals surface area contributed by atoms with Crippen LogP contribution < -0.4 is 10.0 Å². The van der Waals surface area contributed by atoms with E-state index in [1.807, 2.05) is 0 Å². The molecule has 1 saturated heterocycles. The van der Waals surface area contributed by atoms with Crippen LogP contribution in [0.5, 0.6) is 0 Å². The molecule has 1 aromatic rings. The zero-order valence-electron chi connectivity index (χ0n) is 8.57. The molecule has 2 N–H and O–H groups in total. The number of nitrogens with one attached hydrogen (secondary N) is 2. The van der Waals surface area contributed by atoms with Crippen molar-refractivity contribution in [3.8, 4) is 0 Å². The Morgan fingerprint density at radius 2 is 2.38 bits per heavy atom. The van der Waals surface area contributed by atoms with Gasteiger partial charge in [-0.2, -0.15) is 0 Å². The Bertz CT molecular complexity index is 452. The zero-order chi connectivity index (χ0) is 11.6. The topological polar surface area (TPSA) is 58.2 Å². The van der Waals surface area contributed by atoms with Gasteiger partial charge in [-0.1, -0.05) is 0 Å². The number of rotatable bonds is 4. The summed E-state index contributed by atoms with van der Waals surface area (Å²) in [6, 6.07) is 3.36. The highest BCUT2D eigenvalue weighted by Crippen LogP contribution is 2.25. The van der Waals surface area contributed by atoms with Crippen molar-refractivity contribution in [2.24, 2.45) is 5.92 Å². The van der Waals surface area contributed by atoms with E-state index in [1.165, 1.54) is 11.3 Å². The van der Waals surface area contributed by atoms with Gasteiger partial charge < -0.3 is 5.32 Å². The molecular weight excluding hydrogens is 312 g/mol. The number of thiophene rings is 1. The summed E-state index contributed by atoms with van der Waals surface area (Å²) in [6.07, 6.45) is 1.04. The van der Waals surface area contributed by atoms with Gasteiger partial charge in [0, 0.05) is 6.54 Å². The van der Waals surface area contributed by atoms with Crippen LogP contribution in [0.4, 0.5) is 0 Å². The van der Waals surface area contributed by atoms with Gasteiger partial charge in [0.15, 0.2) is 0 Å². The van der Waals surface area contributed by atoms with Gasteiger partial charge in [-0.25, -0.2) is 13.1 Å². The second-order valence-electron chi connectivity index (χ2n) is 3.77. The van der Waals surface area contributed by atoms with Crippen LogP contribution in [0.1, 0.15) is 6.42 Å². The predicted molar refractivity (Wildman–Crippen MR) is 68.2 cm³/mol. The van der Waals surface area contributed by atoms with E-state index in [0.717, 1.165) is 23.3 Å². The van der Waals surface area contributed by atoms with E-state index >= 15 is 0 Å². The molecule has 2 heterocycles. The molecule has 1 aliphatic heterocycles. The molecule has 2 rings (SSSR count). The molecule has 0 aliphatic carbocycles. The lowest BCUT2D eigenvalue weighted by molar-refractivity contribution is 0.540. The van der Waals surface area contributed by atoms with Gasteiger partial charge in [0.2, 0.25) is 10.0 Å². The minimum atomic E-state index is -3.32. The number of halogens is 1. The zero-order valence-corrected chi connectivity index (χ0v) is 11.8. The maximum absolute atomic E-state index is 11.9. The highest BCUT2D eigenvalue weighted by Gasteiger charge is 2.20. The van der Waals surface area contributed by atoms with Gasteiger partial charge in [0.05, 0.1) is 3.79 Å². The molecule has 1 aromatic heterocycles. The normalized spacial score (nSPS) is 21.4. The van der Waals surface area contributed by atoms with Crippen LogP contribution in [0.15, 0.2) is 20.1 Å². The first-order chi connectivity index (χ1) is 7.58. The first-order valence-electron chi connectivity index (χ1n) is 5.03. The van der Waals surface area contributed by atoms with Crippen molar-refractivity contribution < 1.29 is 8.42 Å². The molecule has 16 heavy (non-hydrogen) atoms. The van der Waals surface area contributed by atoms with Crippen LogP contribution >= 0.6 is 27.3 Å². The summed E-state index contributed by atoms with van der Waals surface area (Å²) in [5, 5.41) is 3.21. The molecule has 90 valence electrons. The van der Waals surface area contributed by atoms with Crippen molar-refractivity contribution in [3.05, 3.63) is 15.9 Å². The van der Waals surface area contributed by atoms with Gasteiger partial charge in [0.25, 0.3) is 0 Å². The van der Waals surface area contributed by atoms with Crippen LogP contribution in [-0.4, -0.2) is 28.1 Å². The van der Waals surface area contributed by atoms with Crippen molar-refractivity contribution in [2.75, 3.05) is 19.6 Å². The second kappa shape index (κ2) is 5.14. The summed E-state index contributed by atoms with van der Waals surface area (Å²) in [5.74, 6) is 0.415. The average molecular weight is 325 g/mol. The fourth-order valence-corrected chi connectivity index (χ4v) is 4.80. The first kappa shape index (κ1) is 12.5. The molecule has 0 aromatic carbocycles. The molecule has 7 heteroatoms. The molecule has 0 amide bonds. The van der Waals surface area contributed by atoms with Crippen LogP contribution in [0, 0.1) is 5.92 Å². The Hall–Kier alpha value is 0.0500. The summed E-state index contributed by atoms with van der Waals surface area (Å²) >= 11 is 4.49. The molecule has 1 fully saturated rings. The van der Waals surface area contributed by atoms with E-state index in [-0.39, 0.29) is 0 Å². The van der Waals surface area contributed by atoms with Gasteiger partial charge in [-0.3, -0.25) is 0 Å². The minimum Gasteiger partial charge on any atom is -0.316 e. The molecule has 0 spiro atoms. The minimum absolute atomic E-state index is 0.366. The average Bonchev–Trinajstić information content (AvgIpc) is 2.85. The fraction of sp³-hybridized carbons (Fsp3) is 0.556. The monoisotopic (exact) mass is 324 g/mol. The lowest BCUT2D eigenvalue weighted by Crippen LogP contribution is -2.29. The summed E-state index contributed by atoms with van der Waals surface area (Å²) in [7, 11) is -3.32. The molecule has 0 radical (unpaired) electrons. The van der Waals surface area contributed by atoms with Crippen LogP contribution in [-0.2, 0) is 10.0 Å². The molecule has 1 aliphatic rings. The third-order valence-corrected chi connectivity index (χ3v) is 6.08. The standard InChI is InChI=1S/C9H13BrN2O2S2/c10-8-1-2-9(15-8)16(13,14)12-6-7-3-4-11-5-7/h1-2,7,11-12H,3-6H2/t7-/m0/s1. The maximum Gasteiger partial charge on any atom is 0.250 e. The van der Waals surface area contributed by atoms with Gasteiger partial charge in [0.1, 0.15) is 4.21 Å². The summed E-state index contributed by atoms with van der Waals surface area (Å²) < 4.78 is 27.6. The Balaban J connectivity index is 1.97. The van der Waals surface area contributed by atoms with Gasteiger partial charge in [-0.15, -0.1) is 11.3 Å².